The van der Waals surface area contributed by atoms with Gasteiger partial charge < -0.3 is 34.4 Å². The largest absolute Gasteiger partial charge is 0.461 e. The lowest BCUT2D eigenvalue weighted by atomic mass is 10.0. The summed E-state index contributed by atoms with van der Waals surface area (Å²) in [4.78, 5) is 53.6. The number of carbonyl (C=O) groups excluding carboxylic acids is 2. The lowest BCUT2D eigenvalue weighted by molar-refractivity contribution is -0.134. The predicted octanol–water partition coefficient (Wildman–Crippen LogP) is 7.32. The number of H-pyrrole nitrogens is 5. The zero-order valence-electron chi connectivity index (χ0n) is 38.6. The molecule has 5 N–H and O–H groups in total. The van der Waals surface area contributed by atoms with Crippen LogP contribution >= 0.6 is 0 Å². The van der Waals surface area contributed by atoms with Gasteiger partial charge in [-0.15, -0.1) is 0 Å². The summed E-state index contributed by atoms with van der Waals surface area (Å²) in [5.74, 6) is -0.741. The van der Waals surface area contributed by atoms with E-state index in [1.165, 1.54) is 0 Å². The van der Waals surface area contributed by atoms with E-state index in [-0.39, 0.29) is 5.97 Å². The summed E-state index contributed by atoms with van der Waals surface area (Å²) >= 11 is 0. The first-order valence-corrected chi connectivity index (χ1v) is 21.1. The van der Waals surface area contributed by atoms with E-state index in [9.17, 15) is 9.59 Å². The van der Waals surface area contributed by atoms with Crippen LogP contribution in [0.4, 0.5) is 0 Å². The molecule has 2 aliphatic rings. The molecule has 0 amide bonds. The lowest BCUT2D eigenvalue weighted by Crippen LogP contribution is -2.17. The van der Waals surface area contributed by atoms with E-state index in [0.29, 0.717) is 24.6 Å². The van der Waals surface area contributed by atoms with E-state index in [1.807, 2.05) is 34.6 Å². The Morgan fingerprint density at radius 3 is 1.44 bits per heavy atom. The fourth-order valence-corrected chi connectivity index (χ4v) is 8.42. The number of aromatic amines is 5. The van der Waals surface area contributed by atoms with Crippen molar-refractivity contribution in [1.82, 2.24) is 24.9 Å². The summed E-state index contributed by atoms with van der Waals surface area (Å²) in [6, 6.07) is 0. The van der Waals surface area contributed by atoms with Crippen LogP contribution in [0, 0.1) is 69.2 Å². The topological polar surface area (TPSA) is 156 Å². The lowest BCUT2D eigenvalue weighted by Gasteiger charge is -2.02. The van der Waals surface area contributed by atoms with Gasteiger partial charge in [0.15, 0.2) is 5.71 Å². The van der Waals surface area contributed by atoms with Crippen LogP contribution in [0.5, 0.6) is 0 Å². The Kier molecular flexibility index (Phi) is 11.2. The van der Waals surface area contributed by atoms with E-state index >= 15 is 0 Å². The molecule has 0 spiro atoms. The van der Waals surface area contributed by atoms with Crippen molar-refractivity contribution in [2.24, 2.45) is 9.98 Å². The van der Waals surface area contributed by atoms with Gasteiger partial charge in [0.25, 0.3) is 0 Å². The smallest absolute Gasteiger partial charge is 0.357 e. The summed E-state index contributed by atoms with van der Waals surface area (Å²) in [5.41, 5.74) is 23.3. The third-order valence-electron chi connectivity index (χ3n) is 13.4. The quantitative estimate of drug-likeness (QED) is 0.104. The Labute approximate surface area is 357 Å². The van der Waals surface area contributed by atoms with Gasteiger partial charge in [0.2, 0.25) is 0 Å². The normalized spacial score (nSPS) is 16.8. The zero-order valence-corrected chi connectivity index (χ0v) is 38.6. The van der Waals surface area contributed by atoms with Gasteiger partial charge in [-0.3, -0.25) is 0 Å². The first-order chi connectivity index (χ1) is 28.8. The monoisotopic (exact) mass is 821 g/mol. The minimum absolute atomic E-state index is 0.302. The zero-order chi connectivity index (χ0) is 44.5. The van der Waals surface area contributed by atoms with E-state index in [4.69, 9.17) is 19.5 Å². The molecule has 0 fully saturated rings. The van der Waals surface area contributed by atoms with Crippen molar-refractivity contribution in [3.8, 4) is 11.4 Å². The molecule has 7 heterocycles. The number of carbonyl (C=O) groups is 2. The summed E-state index contributed by atoms with van der Waals surface area (Å²) in [6.45, 7) is 33.5. The molecule has 0 saturated carbocycles. The van der Waals surface area contributed by atoms with Crippen LogP contribution in [-0.4, -0.2) is 61.5 Å². The van der Waals surface area contributed by atoms with Crippen molar-refractivity contribution in [2.45, 2.75) is 111 Å². The maximum Gasteiger partial charge on any atom is 0.357 e. The van der Waals surface area contributed by atoms with E-state index < -0.39 is 5.97 Å². The van der Waals surface area contributed by atoms with Crippen LogP contribution < -0.4 is 21.4 Å². The molecule has 0 saturated heterocycles. The van der Waals surface area contributed by atoms with Crippen LogP contribution in [0.2, 0.25) is 0 Å². The minimum Gasteiger partial charge on any atom is -0.461 e. The molecule has 0 unspecified atom stereocenters. The van der Waals surface area contributed by atoms with Crippen molar-refractivity contribution in [3.63, 3.8) is 0 Å². The SMILES string of the molecule is CCOC(=O)C1=N/C(=c2\[nH]/c(=C\c3[nH]c(C4=N/C(=c5\[nH]/c(=C\c6[nH]c(-c7[nH]c(C(=O)OCC)c(C)c7C)c(C)c6C)c(C)c5C)C(C)=C4C)c(C)c3C)c(C)c2C)C(C)=C1C. The van der Waals surface area contributed by atoms with Gasteiger partial charge >= 0.3 is 11.9 Å². The Morgan fingerprint density at radius 1 is 0.459 bits per heavy atom. The Morgan fingerprint density at radius 2 is 0.902 bits per heavy atom. The highest BCUT2D eigenvalue weighted by Crippen LogP contribution is 2.34. The third-order valence-corrected chi connectivity index (χ3v) is 13.4. The number of aliphatic imine (C=N–C) groups is 2. The molecule has 0 aromatic carbocycles. The maximum absolute atomic E-state index is 12.7. The fraction of sp³-hybridized carbons (Fsp3) is 0.360. The number of rotatable bonds is 8. The van der Waals surface area contributed by atoms with Crippen LogP contribution in [0.25, 0.3) is 34.9 Å². The first kappa shape index (κ1) is 42.8. The van der Waals surface area contributed by atoms with Gasteiger partial charge in [-0.25, -0.2) is 19.6 Å². The second-order valence-corrected chi connectivity index (χ2v) is 16.6. The van der Waals surface area contributed by atoms with Crippen LogP contribution in [0.3, 0.4) is 0 Å². The molecule has 11 heteroatoms. The molecular weight excluding hydrogens is 763 g/mol. The Balaban J connectivity index is 1.29. The maximum atomic E-state index is 12.7. The predicted molar refractivity (Wildman–Crippen MR) is 246 cm³/mol. The molecule has 0 aliphatic carbocycles. The fourth-order valence-electron chi connectivity index (χ4n) is 8.42. The number of ether oxygens (including phenoxy) is 2. The van der Waals surface area contributed by atoms with Crippen LogP contribution in [0.15, 0.2) is 32.3 Å². The first-order valence-electron chi connectivity index (χ1n) is 21.1. The highest BCUT2D eigenvalue weighted by Gasteiger charge is 2.28. The van der Waals surface area contributed by atoms with Gasteiger partial charge in [-0.05, 0) is 201 Å². The second-order valence-electron chi connectivity index (χ2n) is 16.6. The molecule has 5 aromatic heterocycles. The molecule has 0 radical (unpaired) electrons. The molecule has 7 rings (SSSR count). The summed E-state index contributed by atoms with van der Waals surface area (Å²) in [7, 11) is 0. The van der Waals surface area contributed by atoms with Crippen molar-refractivity contribution in [1.29, 1.82) is 0 Å². The van der Waals surface area contributed by atoms with Crippen molar-refractivity contribution < 1.29 is 19.1 Å². The Bertz CT molecular complexity index is 3120. The van der Waals surface area contributed by atoms with Crippen LogP contribution in [0.1, 0.15) is 125 Å². The highest BCUT2D eigenvalue weighted by molar-refractivity contribution is 6.45. The summed E-state index contributed by atoms with van der Waals surface area (Å²) < 4.78 is 10.6. The number of allylic oxidation sites excluding steroid dienone is 1. The van der Waals surface area contributed by atoms with Crippen LogP contribution in [-0.2, 0) is 14.3 Å². The molecular formula is C50H59N7O4. The van der Waals surface area contributed by atoms with Gasteiger partial charge in [0.1, 0.15) is 5.69 Å². The molecule has 2 aliphatic heterocycles. The molecule has 11 nitrogen and oxygen atoms in total. The van der Waals surface area contributed by atoms with E-state index in [2.05, 4.69) is 106 Å². The molecule has 5 aromatic rings. The Hall–Kier alpha value is -6.36. The average Bonchev–Trinajstić information content (AvgIpc) is 4.06. The number of nitrogens with zero attached hydrogens (tertiary/aromatic N) is 2. The number of nitrogens with one attached hydrogen (secondary N) is 5. The van der Waals surface area contributed by atoms with Crippen molar-refractivity contribution in [2.75, 3.05) is 13.2 Å². The number of esters is 2. The average molecular weight is 822 g/mol. The highest BCUT2D eigenvalue weighted by atomic mass is 16.5. The van der Waals surface area contributed by atoms with Gasteiger partial charge in [-0.1, -0.05) is 0 Å². The van der Waals surface area contributed by atoms with Gasteiger partial charge in [-0.2, -0.15) is 0 Å². The molecule has 318 valence electrons. The van der Waals surface area contributed by atoms with Crippen molar-refractivity contribution >= 4 is 46.9 Å². The summed E-state index contributed by atoms with van der Waals surface area (Å²) in [6.07, 6.45) is 4.34. The number of hydrogen-bond acceptors (Lipinski definition) is 6. The number of aromatic nitrogens is 5. The van der Waals surface area contributed by atoms with Gasteiger partial charge in [0.05, 0.1) is 58.1 Å². The second kappa shape index (κ2) is 15.9. The molecule has 61 heavy (non-hydrogen) atoms. The summed E-state index contributed by atoms with van der Waals surface area (Å²) in [5, 5.41) is 3.89. The molecule has 0 bridgehead atoms. The third kappa shape index (κ3) is 6.93. The van der Waals surface area contributed by atoms with Gasteiger partial charge in [0, 0.05) is 22.1 Å². The number of hydrogen-bond donors (Lipinski definition) is 5. The van der Waals surface area contributed by atoms with Crippen molar-refractivity contribution in [3.05, 3.63) is 122 Å². The van der Waals surface area contributed by atoms with E-state index in [1.54, 1.807) is 6.92 Å². The van der Waals surface area contributed by atoms with E-state index in [0.717, 1.165) is 145 Å². The standard InChI is InChI=1S/C50H59N7O4/c1-17-60-49(58)47-33(15)31(13)45(56-47)41-27(9)23(5)37(53-41)19-35-21(3)25(7)39(51-35)43-29(11)30(12)44(55-43)40-26(8)22(4)36(52-40)20-38-24(6)28(10)42(54-38)46-32(14)34(16)48(57-46)50(59)61-18-2/h19-20,51-54,56H,17-18H2,1-16H3/b35-19-,38-20-,43-39-,46-42-. The minimum atomic E-state index is -0.398. The molecule has 0 atom stereocenters.